The zero-order valence-corrected chi connectivity index (χ0v) is 18.5. The summed E-state index contributed by atoms with van der Waals surface area (Å²) in [5, 5.41) is 9.15. The van der Waals surface area contributed by atoms with E-state index >= 15 is 0 Å². The number of halogens is 2. The molecule has 0 radical (unpaired) electrons. The summed E-state index contributed by atoms with van der Waals surface area (Å²) in [5.74, 6) is 2.79. The fourth-order valence-corrected chi connectivity index (χ4v) is 3.59. The van der Waals surface area contributed by atoms with Gasteiger partial charge in [-0.1, -0.05) is 41.3 Å². The van der Waals surface area contributed by atoms with Gasteiger partial charge in [-0.15, -0.1) is 0 Å². The molecule has 1 unspecified atom stereocenters. The first-order valence-electron chi connectivity index (χ1n) is 7.53. The molecular weight excluding hydrogens is 439 g/mol. The van der Waals surface area contributed by atoms with Crippen molar-refractivity contribution in [3.8, 4) is 17.7 Å². The van der Waals surface area contributed by atoms with Crippen LogP contribution in [0.5, 0.6) is 11.5 Å². The van der Waals surface area contributed by atoms with E-state index in [1.54, 1.807) is 37.5 Å². The van der Waals surface area contributed by atoms with Crippen molar-refractivity contribution in [3.05, 3.63) is 46.0 Å². The van der Waals surface area contributed by atoms with Gasteiger partial charge in [-0.3, -0.25) is 0 Å². The van der Waals surface area contributed by atoms with Gasteiger partial charge >= 0.3 is 0 Å². The smallest absolute Gasteiger partial charge is 0.212 e. The number of nitrogens with zero attached hydrogens (tertiary/aromatic N) is 4. The van der Waals surface area contributed by atoms with Gasteiger partial charge in [-0.25, -0.2) is 9.97 Å². The largest absolute Gasteiger partial charge is 0.494 e. The van der Waals surface area contributed by atoms with E-state index in [1.165, 1.54) is 7.11 Å². The molecule has 0 N–H and O–H groups in total. The zero-order valence-electron chi connectivity index (χ0n) is 15.4. The summed E-state index contributed by atoms with van der Waals surface area (Å²) < 4.78 is 13.8. The lowest BCUT2D eigenvalue weighted by molar-refractivity contribution is 0.412. The molecule has 0 saturated carbocycles. The third-order valence-electron chi connectivity index (χ3n) is 3.05. The van der Waals surface area contributed by atoms with Gasteiger partial charge in [0.2, 0.25) is 6.19 Å². The van der Waals surface area contributed by atoms with Gasteiger partial charge in [0.05, 0.1) is 14.2 Å². The highest BCUT2D eigenvalue weighted by atomic mass is 35.5. The SMILES string of the molecule is C.COc1cc(CS(C)=NC#N)cnc1Cl.COc1cc(CSC)cnc1Cl. The Morgan fingerprint density at radius 1 is 1.11 bits per heavy atom. The quantitative estimate of drug-likeness (QED) is 0.422. The summed E-state index contributed by atoms with van der Waals surface area (Å²) >= 11 is 13.3. The lowest BCUT2D eigenvalue weighted by Crippen LogP contribution is -1.95. The van der Waals surface area contributed by atoms with Gasteiger partial charge in [0.25, 0.3) is 0 Å². The maximum absolute atomic E-state index is 8.39. The first kappa shape index (κ1) is 26.5. The molecule has 2 rings (SSSR count). The molecular formula is C18H24Cl2N4O2S2. The molecule has 0 aliphatic carbocycles. The fraction of sp³-hybridized carbons (Fsp3) is 0.389. The van der Waals surface area contributed by atoms with Crippen LogP contribution >= 0.6 is 35.0 Å². The number of hydrogen-bond acceptors (Lipinski definition) is 7. The minimum absolute atomic E-state index is 0. The number of pyridine rings is 2. The average Bonchev–Trinajstić information content (AvgIpc) is 2.65. The predicted molar refractivity (Wildman–Crippen MR) is 121 cm³/mol. The van der Waals surface area contributed by atoms with Crippen LogP contribution in [0, 0.1) is 11.5 Å². The summed E-state index contributed by atoms with van der Waals surface area (Å²) in [5.41, 5.74) is 2.09. The Kier molecular flexibility index (Phi) is 13.7. The highest BCUT2D eigenvalue weighted by Gasteiger charge is 2.04. The van der Waals surface area contributed by atoms with Crippen molar-refractivity contribution < 1.29 is 9.47 Å². The second-order valence-electron chi connectivity index (χ2n) is 5.04. The Labute approximate surface area is 183 Å². The Hall–Kier alpha value is -1.53. The summed E-state index contributed by atoms with van der Waals surface area (Å²) in [4.78, 5) is 7.98. The maximum Gasteiger partial charge on any atom is 0.212 e. The van der Waals surface area contributed by atoms with E-state index in [0.29, 0.717) is 27.6 Å². The van der Waals surface area contributed by atoms with Crippen LogP contribution in [0.1, 0.15) is 18.6 Å². The Morgan fingerprint density at radius 2 is 1.61 bits per heavy atom. The van der Waals surface area contributed by atoms with Crippen molar-refractivity contribution in [3.63, 3.8) is 0 Å². The molecule has 154 valence electrons. The van der Waals surface area contributed by atoms with E-state index in [0.717, 1.165) is 16.9 Å². The monoisotopic (exact) mass is 462 g/mol. The summed E-state index contributed by atoms with van der Waals surface area (Å²) in [6.45, 7) is 0. The lowest BCUT2D eigenvalue weighted by atomic mass is 10.3. The number of ether oxygens (including phenoxy) is 2. The van der Waals surface area contributed by atoms with Gasteiger partial charge in [-0.2, -0.15) is 21.4 Å². The van der Waals surface area contributed by atoms with E-state index in [1.807, 2.05) is 24.6 Å². The summed E-state index contributed by atoms with van der Waals surface area (Å²) in [6.07, 6.45) is 9.16. The average molecular weight is 463 g/mol. The van der Waals surface area contributed by atoms with Crippen LogP contribution in [0.15, 0.2) is 28.9 Å². The van der Waals surface area contributed by atoms with Gasteiger partial charge < -0.3 is 9.47 Å². The Morgan fingerprint density at radius 3 is 2.07 bits per heavy atom. The second kappa shape index (κ2) is 14.5. The first-order valence-corrected chi connectivity index (χ1v) is 11.4. The van der Waals surface area contributed by atoms with Crippen LogP contribution in [-0.2, 0) is 22.2 Å². The molecule has 0 aliphatic heterocycles. The number of rotatable bonds is 6. The molecule has 0 spiro atoms. The van der Waals surface area contributed by atoms with E-state index in [4.69, 9.17) is 37.9 Å². The third-order valence-corrected chi connectivity index (χ3v) is 5.38. The van der Waals surface area contributed by atoms with Gasteiger partial charge in [-0.05, 0) is 35.8 Å². The van der Waals surface area contributed by atoms with Gasteiger partial charge in [0.1, 0.15) is 0 Å². The normalized spacial score (nSPS) is 10.8. The van der Waals surface area contributed by atoms with Crippen molar-refractivity contribution in [2.45, 2.75) is 18.9 Å². The van der Waals surface area contributed by atoms with Crippen LogP contribution in [0.2, 0.25) is 10.3 Å². The Balaban J connectivity index is 0.000000514. The van der Waals surface area contributed by atoms with Crippen LogP contribution < -0.4 is 9.47 Å². The predicted octanol–water partition coefficient (Wildman–Crippen LogP) is 5.40. The summed E-state index contributed by atoms with van der Waals surface area (Å²) in [6, 6.07) is 3.72. The molecule has 0 fully saturated rings. The molecule has 0 saturated heterocycles. The second-order valence-corrected chi connectivity index (χ2v) is 8.30. The molecule has 28 heavy (non-hydrogen) atoms. The zero-order chi connectivity index (χ0) is 20.2. The first-order chi connectivity index (χ1) is 12.9. The van der Waals surface area contributed by atoms with Crippen LogP contribution in [0.25, 0.3) is 0 Å². The highest BCUT2D eigenvalue weighted by molar-refractivity contribution is 7.97. The van der Waals surface area contributed by atoms with Crippen molar-refractivity contribution >= 4 is 45.7 Å². The molecule has 2 aromatic heterocycles. The lowest BCUT2D eigenvalue weighted by Gasteiger charge is -2.05. The minimum Gasteiger partial charge on any atom is -0.494 e. The number of nitriles is 1. The molecule has 0 amide bonds. The topological polar surface area (TPSA) is 80.4 Å². The highest BCUT2D eigenvalue weighted by Crippen LogP contribution is 2.24. The molecule has 2 heterocycles. The molecule has 2 aromatic rings. The fourth-order valence-electron chi connectivity index (χ4n) is 1.89. The standard InChI is InChI=1S/C9H10ClN3OS.C8H10ClNOS.CH4/c1-14-8-3-7(4-12-9(8)10)5-15(2)13-6-11;1-11-7-3-6(5-12-2)4-10-8(7)9;/h3-4H,5H2,1-2H3;3-4H,5H2,1-2H3;1H4. The third kappa shape index (κ3) is 9.11. The van der Waals surface area contributed by atoms with Crippen molar-refractivity contribution in [2.75, 3.05) is 26.7 Å². The van der Waals surface area contributed by atoms with E-state index in [2.05, 4.69) is 14.3 Å². The van der Waals surface area contributed by atoms with E-state index < -0.39 is 0 Å². The molecule has 0 bridgehead atoms. The maximum atomic E-state index is 8.39. The van der Waals surface area contributed by atoms with Gasteiger partial charge in [0, 0.05) is 23.9 Å². The van der Waals surface area contributed by atoms with Crippen LogP contribution in [0.4, 0.5) is 0 Å². The van der Waals surface area contributed by atoms with Gasteiger partial charge in [0.15, 0.2) is 21.8 Å². The van der Waals surface area contributed by atoms with E-state index in [9.17, 15) is 0 Å². The van der Waals surface area contributed by atoms with E-state index in [-0.39, 0.29) is 18.1 Å². The van der Waals surface area contributed by atoms with Crippen molar-refractivity contribution in [2.24, 2.45) is 4.36 Å². The molecule has 10 heteroatoms. The Bertz CT molecular complexity index is 830. The number of thioether (sulfide) groups is 1. The number of aromatic nitrogens is 2. The molecule has 0 aromatic carbocycles. The minimum atomic E-state index is -0.313. The number of hydrogen-bond donors (Lipinski definition) is 0. The van der Waals surface area contributed by atoms with Crippen LogP contribution in [-0.4, -0.2) is 36.7 Å². The van der Waals surface area contributed by atoms with Crippen molar-refractivity contribution in [1.29, 1.82) is 5.26 Å². The molecule has 6 nitrogen and oxygen atoms in total. The van der Waals surface area contributed by atoms with Crippen LogP contribution in [0.3, 0.4) is 0 Å². The molecule has 0 aliphatic rings. The van der Waals surface area contributed by atoms with Crippen molar-refractivity contribution in [1.82, 2.24) is 9.97 Å². The summed E-state index contributed by atoms with van der Waals surface area (Å²) in [7, 11) is 2.82. The number of methoxy groups -OCH3 is 2. The molecule has 1 atom stereocenters.